The SMILES string of the molecule is CCCCCCCCCC[NH+]1CCC(CCCC)C1.CS(=O)(=O)[O-]. The number of rotatable bonds is 12. The Morgan fingerprint density at radius 1 is 0.917 bits per heavy atom. The fourth-order valence-electron chi connectivity index (χ4n) is 3.50. The van der Waals surface area contributed by atoms with Gasteiger partial charge >= 0.3 is 0 Å². The minimum Gasteiger partial charge on any atom is -0.748 e. The van der Waals surface area contributed by atoms with Gasteiger partial charge in [-0.1, -0.05) is 65.2 Å². The highest BCUT2D eigenvalue weighted by atomic mass is 32.2. The van der Waals surface area contributed by atoms with Crippen LogP contribution in [0.2, 0.25) is 0 Å². The summed E-state index contributed by atoms with van der Waals surface area (Å²) in [5.41, 5.74) is 0. The molecule has 0 aromatic rings. The summed E-state index contributed by atoms with van der Waals surface area (Å²) in [6.45, 7) is 9.02. The number of hydrogen-bond donors (Lipinski definition) is 1. The summed E-state index contributed by atoms with van der Waals surface area (Å²) < 4.78 is 27.2. The monoisotopic (exact) mass is 363 g/mol. The van der Waals surface area contributed by atoms with Crippen LogP contribution < -0.4 is 4.90 Å². The topological polar surface area (TPSA) is 61.6 Å². The molecule has 0 radical (unpaired) electrons. The molecule has 1 N–H and O–H groups in total. The van der Waals surface area contributed by atoms with Gasteiger partial charge in [-0.3, -0.25) is 0 Å². The van der Waals surface area contributed by atoms with Gasteiger partial charge in [0.25, 0.3) is 0 Å². The number of unbranched alkanes of at least 4 members (excludes halogenated alkanes) is 8. The van der Waals surface area contributed by atoms with Gasteiger partial charge in [0.15, 0.2) is 0 Å². The first-order valence-electron chi connectivity index (χ1n) is 10.1. The quantitative estimate of drug-likeness (QED) is 0.427. The van der Waals surface area contributed by atoms with E-state index in [9.17, 15) is 0 Å². The fourth-order valence-corrected chi connectivity index (χ4v) is 3.50. The van der Waals surface area contributed by atoms with Crippen LogP contribution in [-0.4, -0.2) is 38.9 Å². The summed E-state index contributed by atoms with van der Waals surface area (Å²) in [6, 6.07) is 0. The van der Waals surface area contributed by atoms with Crippen molar-refractivity contribution in [3.63, 3.8) is 0 Å². The van der Waals surface area contributed by atoms with Crippen molar-refractivity contribution in [1.82, 2.24) is 0 Å². The maximum atomic E-state index is 9.08. The van der Waals surface area contributed by atoms with Crippen molar-refractivity contribution in [1.29, 1.82) is 0 Å². The van der Waals surface area contributed by atoms with Crippen LogP contribution in [0.15, 0.2) is 0 Å². The molecule has 5 heteroatoms. The van der Waals surface area contributed by atoms with Crippen LogP contribution in [0.4, 0.5) is 0 Å². The third-order valence-electron chi connectivity index (χ3n) is 4.83. The highest BCUT2D eigenvalue weighted by molar-refractivity contribution is 7.84. The van der Waals surface area contributed by atoms with Crippen molar-refractivity contribution in [2.45, 2.75) is 90.9 Å². The molecule has 1 rings (SSSR count). The summed E-state index contributed by atoms with van der Waals surface area (Å²) in [4.78, 5) is 1.91. The number of nitrogens with one attached hydrogen (secondary N) is 1. The molecule has 0 amide bonds. The first kappa shape index (κ1) is 23.9. The zero-order valence-corrected chi connectivity index (χ0v) is 17.1. The zero-order valence-electron chi connectivity index (χ0n) is 16.3. The molecule has 1 aliphatic heterocycles. The summed E-state index contributed by atoms with van der Waals surface area (Å²) in [7, 11) is -3.92. The molecule has 0 spiro atoms. The third kappa shape index (κ3) is 18.2. The molecule has 2 unspecified atom stereocenters. The van der Waals surface area contributed by atoms with E-state index in [-0.39, 0.29) is 0 Å². The second-order valence-corrected chi connectivity index (χ2v) is 8.84. The van der Waals surface area contributed by atoms with Crippen LogP contribution in [0.1, 0.15) is 90.9 Å². The maximum Gasteiger partial charge on any atom is 0.0916 e. The predicted octanol–water partition coefficient (Wildman–Crippen LogP) is 3.38. The van der Waals surface area contributed by atoms with E-state index in [0.717, 1.165) is 5.92 Å². The molecule has 1 saturated heterocycles. The van der Waals surface area contributed by atoms with Gasteiger partial charge in [-0.2, -0.15) is 0 Å². The molecule has 0 bridgehead atoms. The Kier molecular flexibility index (Phi) is 15.1. The van der Waals surface area contributed by atoms with Crippen molar-refractivity contribution >= 4 is 10.1 Å². The molecule has 24 heavy (non-hydrogen) atoms. The molecule has 1 heterocycles. The number of quaternary nitrogens is 1. The van der Waals surface area contributed by atoms with Gasteiger partial charge in [0.05, 0.1) is 29.8 Å². The summed E-state index contributed by atoms with van der Waals surface area (Å²) in [6.07, 6.45) is 18.1. The van der Waals surface area contributed by atoms with Crippen molar-refractivity contribution in [3.05, 3.63) is 0 Å². The smallest absolute Gasteiger partial charge is 0.0916 e. The molecule has 2 atom stereocenters. The lowest BCUT2D eigenvalue weighted by atomic mass is 10.0. The van der Waals surface area contributed by atoms with Crippen molar-refractivity contribution < 1.29 is 17.9 Å². The van der Waals surface area contributed by atoms with Crippen LogP contribution in [0, 0.1) is 5.92 Å². The van der Waals surface area contributed by atoms with Gasteiger partial charge in [-0.15, -0.1) is 0 Å². The van der Waals surface area contributed by atoms with Crippen molar-refractivity contribution in [2.75, 3.05) is 25.9 Å². The van der Waals surface area contributed by atoms with Crippen LogP contribution in [0.3, 0.4) is 0 Å². The van der Waals surface area contributed by atoms with Gasteiger partial charge in [-0.25, -0.2) is 8.42 Å². The van der Waals surface area contributed by atoms with Gasteiger partial charge in [-0.05, 0) is 19.3 Å². The van der Waals surface area contributed by atoms with E-state index >= 15 is 0 Å². The summed E-state index contributed by atoms with van der Waals surface area (Å²) >= 11 is 0. The first-order chi connectivity index (χ1) is 11.4. The Balaban J connectivity index is 0.000000922. The predicted molar refractivity (Wildman–Crippen MR) is 101 cm³/mol. The van der Waals surface area contributed by atoms with E-state index in [0.29, 0.717) is 6.26 Å². The lowest BCUT2D eigenvalue weighted by molar-refractivity contribution is -0.889. The summed E-state index contributed by atoms with van der Waals surface area (Å²) in [5.74, 6) is 1.06. The van der Waals surface area contributed by atoms with Crippen LogP contribution in [0.5, 0.6) is 0 Å². The van der Waals surface area contributed by atoms with Crippen LogP contribution in [0.25, 0.3) is 0 Å². The third-order valence-corrected chi connectivity index (χ3v) is 4.83. The average Bonchev–Trinajstić information content (AvgIpc) is 2.94. The highest BCUT2D eigenvalue weighted by Crippen LogP contribution is 2.13. The highest BCUT2D eigenvalue weighted by Gasteiger charge is 2.24. The Labute approximate surface area is 151 Å². The van der Waals surface area contributed by atoms with Crippen LogP contribution in [-0.2, 0) is 10.1 Å². The molecule has 146 valence electrons. The van der Waals surface area contributed by atoms with Crippen molar-refractivity contribution in [2.24, 2.45) is 5.92 Å². The standard InChI is InChI=1S/C18H37N.CH4O3S/c1-3-5-7-8-9-10-11-12-15-19-16-14-18(17-19)13-6-4-2;1-5(2,3)4/h18H,3-17H2,1-2H3;1H3,(H,2,3,4). The molecule has 0 saturated carbocycles. The van der Waals surface area contributed by atoms with E-state index in [1.807, 2.05) is 4.90 Å². The lowest BCUT2D eigenvalue weighted by Gasteiger charge is -2.13. The molecular formula is C19H41NO3S. The minimum atomic E-state index is -3.92. The average molecular weight is 364 g/mol. The van der Waals surface area contributed by atoms with Gasteiger partial charge in [0.2, 0.25) is 0 Å². The normalized spacial score (nSPS) is 20.7. The second kappa shape index (κ2) is 15.2. The van der Waals surface area contributed by atoms with E-state index in [4.69, 9.17) is 13.0 Å². The number of likely N-dealkylation sites (tertiary alicyclic amines) is 1. The fraction of sp³-hybridized carbons (Fsp3) is 1.00. The van der Waals surface area contributed by atoms with E-state index in [2.05, 4.69) is 13.8 Å². The Bertz CT molecular complexity index is 363. The Morgan fingerprint density at radius 2 is 1.42 bits per heavy atom. The molecule has 0 aliphatic carbocycles. The molecular weight excluding hydrogens is 322 g/mol. The molecule has 1 aliphatic rings. The maximum absolute atomic E-state index is 9.08. The van der Waals surface area contributed by atoms with Crippen molar-refractivity contribution in [3.8, 4) is 0 Å². The summed E-state index contributed by atoms with van der Waals surface area (Å²) in [5, 5.41) is 0. The molecule has 1 fully saturated rings. The molecule has 0 aromatic heterocycles. The second-order valence-electron chi connectivity index (χ2n) is 7.43. The molecule has 0 aromatic carbocycles. The Morgan fingerprint density at radius 3 is 1.96 bits per heavy atom. The van der Waals surface area contributed by atoms with E-state index < -0.39 is 10.1 Å². The Hall–Kier alpha value is -0.130. The van der Waals surface area contributed by atoms with E-state index in [1.54, 1.807) is 0 Å². The largest absolute Gasteiger partial charge is 0.748 e. The van der Waals surface area contributed by atoms with Gasteiger partial charge in [0, 0.05) is 18.6 Å². The van der Waals surface area contributed by atoms with Gasteiger partial charge in [0.1, 0.15) is 0 Å². The van der Waals surface area contributed by atoms with Gasteiger partial charge < -0.3 is 9.45 Å². The number of hydrogen-bond acceptors (Lipinski definition) is 3. The lowest BCUT2D eigenvalue weighted by Crippen LogP contribution is -3.10. The zero-order chi connectivity index (χ0) is 18.3. The molecule has 4 nitrogen and oxygen atoms in total. The first-order valence-corrected chi connectivity index (χ1v) is 11.9. The van der Waals surface area contributed by atoms with Crippen LogP contribution >= 0.6 is 0 Å². The minimum absolute atomic E-state index is 0.604. The van der Waals surface area contributed by atoms with E-state index in [1.165, 1.54) is 96.7 Å².